The minimum atomic E-state index is 0.0802. The highest BCUT2D eigenvalue weighted by molar-refractivity contribution is 7.18. The maximum absolute atomic E-state index is 12.8. The zero-order valence-corrected chi connectivity index (χ0v) is 14.2. The van der Waals surface area contributed by atoms with E-state index in [0.29, 0.717) is 13.1 Å². The average Bonchev–Trinajstić information content (AvgIpc) is 3.01. The summed E-state index contributed by atoms with van der Waals surface area (Å²) < 4.78 is 1.06. The first kappa shape index (κ1) is 15.0. The van der Waals surface area contributed by atoms with Gasteiger partial charge in [-0.25, -0.2) is 15.0 Å². The standard InChI is InChI=1S/C17H17N5OS/c1-12-20-14-4-3-13(11-15(14)24-12)16(23)21-7-9-22(10-8-21)17-18-5-2-6-19-17/h2-6,11H,7-10H2,1H3. The molecule has 4 rings (SSSR count). The van der Waals surface area contributed by atoms with Crippen LogP contribution >= 0.6 is 11.3 Å². The van der Waals surface area contributed by atoms with E-state index in [2.05, 4.69) is 19.9 Å². The molecule has 0 atom stereocenters. The SMILES string of the molecule is Cc1nc2ccc(C(=O)N3CCN(c4ncccn4)CC3)cc2s1. The molecule has 0 bridgehead atoms. The minimum absolute atomic E-state index is 0.0802. The Morgan fingerprint density at radius 1 is 1.12 bits per heavy atom. The molecule has 1 saturated heterocycles. The summed E-state index contributed by atoms with van der Waals surface area (Å²) in [6, 6.07) is 7.56. The molecule has 1 aliphatic rings. The third kappa shape index (κ3) is 2.82. The molecule has 0 N–H and O–H groups in total. The summed E-state index contributed by atoms with van der Waals surface area (Å²) in [6.07, 6.45) is 3.48. The molecule has 1 amide bonds. The average molecular weight is 339 g/mol. The van der Waals surface area contributed by atoms with E-state index < -0.39 is 0 Å². The van der Waals surface area contributed by atoms with Crippen LogP contribution in [0.2, 0.25) is 0 Å². The van der Waals surface area contributed by atoms with Gasteiger partial charge in [0.2, 0.25) is 5.95 Å². The van der Waals surface area contributed by atoms with Crippen molar-refractivity contribution in [3.8, 4) is 0 Å². The molecule has 6 nitrogen and oxygen atoms in total. The van der Waals surface area contributed by atoms with E-state index in [9.17, 15) is 4.79 Å². The molecule has 0 spiro atoms. The van der Waals surface area contributed by atoms with Crippen LogP contribution in [0.4, 0.5) is 5.95 Å². The maximum Gasteiger partial charge on any atom is 0.254 e. The lowest BCUT2D eigenvalue weighted by atomic mass is 10.1. The van der Waals surface area contributed by atoms with Crippen LogP contribution in [0, 0.1) is 6.92 Å². The molecule has 0 saturated carbocycles. The van der Waals surface area contributed by atoms with Gasteiger partial charge >= 0.3 is 0 Å². The van der Waals surface area contributed by atoms with Crippen molar-refractivity contribution in [3.63, 3.8) is 0 Å². The zero-order chi connectivity index (χ0) is 16.5. The number of hydrogen-bond acceptors (Lipinski definition) is 6. The number of anilines is 1. The van der Waals surface area contributed by atoms with Crippen LogP contribution in [0.25, 0.3) is 10.2 Å². The molecule has 1 fully saturated rings. The first-order valence-corrected chi connectivity index (χ1v) is 8.71. The quantitative estimate of drug-likeness (QED) is 0.717. The number of carbonyl (C=O) groups excluding carboxylic acids is 1. The fourth-order valence-electron chi connectivity index (χ4n) is 2.92. The summed E-state index contributed by atoms with van der Waals surface area (Å²) in [5.41, 5.74) is 1.69. The highest BCUT2D eigenvalue weighted by atomic mass is 32.1. The number of piperazine rings is 1. The summed E-state index contributed by atoms with van der Waals surface area (Å²) in [5, 5.41) is 1.02. The second-order valence-corrected chi connectivity index (χ2v) is 6.98. The van der Waals surface area contributed by atoms with Crippen molar-refractivity contribution in [2.45, 2.75) is 6.92 Å². The van der Waals surface area contributed by atoms with Crippen molar-refractivity contribution in [3.05, 3.63) is 47.2 Å². The Morgan fingerprint density at radius 3 is 2.62 bits per heavy atom. The molecule has 1 aromatic carbocycles. The number of nitrogens with zero attached hydrogens (tertiary/aromatic N) is 5. The monoisotopic (exact) mass is 339 g/mol. The molecular formula is C17H17N5OS. The van der Waals surface area contributed by atoms with Gasteiger partial charge in [0.1, 0.15) is 0 Å². The Balaban J connectivity index is 1.47. The number of aromatic nitrogens is 3. The molecular weight excluding hydrogens is 322 g/mol. The number of amides is 1. The normalized spacial score (nSPS) is 15.0. The van der Waals surface area contributed by atoms with Crippen molar-refractivity contribution < 1.29 is 4.79 Å². The zero-order valence-electron chi connectivity index (χ0n) is 13.3. The van der Waals surface area contributed by atoms with Crippen molar-refractivity contribution in [2.24, 2.45) is 0 Å². The predicted molar refractivity (Wildman–Crippen MR) is 94.5 cm³/mol. The minimum Gasteiger partial charge on any atom is -0.337 e. The summed E-state index contributed by atoms with van der Waals surface area (Å²) in [4.78, 5) is 29.7. The fraction of sp³-hybridized carbons (Fsp3) is 0.294. The largest absolute Gasteiger partial charge is 0.337 e. The van der Waals surface area contributed by atoms with Crippen LogP contribution in [0.5, 0.6) is 0 Å². The van der Waals surface area contributed by atoms with E-state index in [4.69, 9.17) is 0 Å². The predicted octanol–water partition coefficient (Wildman–Crippen LogP) is 2.36. The van der Waals surface area contributed by atoms with E-state index in [-0.39, 0.29) is 5.91 Å². The van der Waals surface area contributed by atoms with Crippen LogP contribution in [0.15, 0.2) is 36.7 Å². The second kappa shape index (κ2) is 6.16. The fourth-order valence-corrected chi connectivity index (χ4v) is 3.79. The van der Waals surface area contributed by atoms with Gasteiger partial charge in [-0.1, -0.05) is 0 Å². The Bertz CT molecular complexity index is 871. The lowest BCUT2D eigenvalue weighted by Gasteiger charge is -2.34. The van der Waals surface area contributed by atoms with Crippen molar-refractivity contribution >= 4 is 33.4 Å². The number of rotatable bonds is 2. The molecule has 0 unspecified atom stereocenters. The van der Waals surface area contributed by atoms with Gasteiger partial charge in [-0.15, -0.1) is 11.3 Å². The summed E-state index contributed by atoms with van der Waals surface area (Å²) in [5.74, 6) is 0.808. The number of thiazole rings is 1. The van der Waals surface area contributed by atoms with Gasteiger partial charge in [-0.2, -0.15) is 0 Å². The second-order valence-electron chi connectivity index (χ2n) is 5.74. The third-order valence-electron chi connectivity index (χ3n) is 4.14. The number of fused-ring (bicyclic) bond motifs is 1. The van der Waals surface area contributed by atoms with Crippen molar-refractivity contribution in [1.29, 1.82) is 0 Å². The van der Waals surface area contributed by atoms with Gasteiger partial charge < -0.3 is 9.80 Å². The van der Waals surface area contributed by atoms with Crippen LogP contribution < -0.4 is 4.90 Å². The molecule has 3 aromatic rings. The Morgan fingerprint density at radius 2 is 1.88 bits per heavy atom. The van der Waals surface area contributed by atoms with E-state index in [1.54, 1.807) is 29.8 Å². The molecule has 122 valence electrons. The van der Waals surface area contributed by atoms with E-state index in [0.717, 1.165) is 39.8 Å². The Labute approximate surface area is 143 Å². The third-order valence-corrected chi connectivity index (χ3v) is 5.08. The maximum atomic E-state index is 12.8. The summed E-state index contributed by atoms with van der Waals surface area (Å²) in [6.45, 7) is 4.83. The van der Waals surface area contributed by atoms with Gasteiger partial charge in [0.05, 0.1) is 15.2 Å². The topological polar surface area (TPSA) is 62.2 Å². The first-order chi connectivity index (χ1) is 11.7. The van der Waals surface area contributed by atoms with Crippen molar-refractivity contribution in [2.75, 3.05) is 31.1 Å². The molecule has 7 heteroatoms. The lowest BCUT2D eigenvalue weighted by molar-refractivity contribution is 0.0746. The molecule has 0 aliphatic carbocycles. The smallest absolute Gasteiger partial charge is 0.254 e. The highest BCUT2D eigenvalue weighted by Crippen LogP contribution is 2.23. The highest BCUT2D eigenvalue weighted by Gasteiger charge is 2.23. The van der Waals surface area contributed by atoms with Gasteiger partial charge in [0, 0.05) is 44.1 Å². The first-order valence-electron chi connectivity index (χ1n) is 7.89. The Hall–Kier alpha value is -2.54. The number of aryl methyl sites for hydroxylation is 1. The molecule has 2 aromatic heterocycles. The van der Waals surface area contributed by atoms with E-state index in [1.807, 2.05) is 30.0 Å². The molecule has 24 heavy (non-hydrogen) atoms. The van der Waals surface area contributed by atoms with Crippen LogP contribution in [0.3, 0.4) is 0 Å². The van der Waals surface area contributed by atoms with Crippen LogP contribution in [-0.4, -0.2) is 51.9 Å². The molecule has 1 aliphatic heterocycles. The number of hydrogen-bond donors (Lipinski definition) is 0. The van der Waals surface area contributed by atoms with Crippen LogP contribution in [0.1, 0.15) is 15.4 Å². The number of benzene rings is 1. The Kier molecular flexibility index (Phi) is 3.86. The van der Waals surface area contributed by atoms with Gasteiger partial charge in [0.25, 0.3) is 5.91 Å². The summed E-state index contributed by atoms with van der Waals surface area (Å²) in [7, 11) is 0. The van der Waals surface area contributed by atoms with E-state index in [1.165, 1.54) is 0 Å². The van der Waals surface area contributed by atoms with Crippen LogP contribution in [-0.2, 0) is 0 Å². The van der Waals surface area contributed by atoms with Gasteiger partial charge in [0.15, 0.2) is 0 Å². The van der Waals surface area contributed by atoms with E-state index >= 15 is 0 Å². The summed E-state index contributed by atoms with van der Waals surface area (Å²) >= 11 is 1.62. The lowest BCUT2D eigenvalue weighted by Crippen LogP contribution is -2.49. The van der Waals surface area contributed by atoms with Gasteiger partial charge in [-0.3, -0.25) is 4.79 Å². The molecule has 3 heterocycles. The van der Waals surface area contributed by atoms with Gasteiger partial charge in [-0.05, 0) is 31.2 Å². The molecule has 0 radical (unpaired) electrons. The number of carbonyl (C=O) groups is 1. The van der Waals surface area contributed by atoms with Crippen molar-refractivity contribution in [1.82, 2.24) is 19.9 Å².